The number of sulfonamides is 1. The van der Waals surface area contributed by atoms with Gasteiger partial charge in [0.05, 0.1) is 11.4 Å². The van der Waals surface area contributed by atoms with Crippen molar-refractivity contribution in [2.24, 2.45) is 17.8 Å². The summed E-state index contributed by atoms with van der Waals surface area (Å²) in [5.41, 5.74) is 0.0403. The van der Waals surface area contributed by atoms with Crippen molar-refractivity contribution in [1.29, 1.82) is 0 Å². The second-order valence-corrected chi connectivity index (χ2v) is 12.7. The first-order valence-corrected chi connectivity index (χ1v) is 13.3. The van der Waals surface area contributed by atoms with E-state index >= 15 is 0 Å². The number of nitrogens with one attached hydrogen (secondary N) is 1. The molecule has 5 aliphatic rings. The molecule has 0 aromatic heterocycles. The first kappa shape index (κ1) is 20.9. The van der Waals surface area contributed by atoms with Crippen molar-refractivity contribution in [2.45, 2.75) is 49.0 Å². The fraction of sp³-hybridized carbons (Fsp3) is 0.682. The van der Waals surface area contributed by atoms with Crippen LogP contribution in [0, 0.1) is 17.8 Å². The number of nitrogens with zero attached hydrogens (tertiary/aromatic N) is 2. The standard InChI is InChI=1S/C22H30BrN3O3S/c23-19-1-3-20(4-2-19)30(28,29)26-7-5-25(6-8-26)15-21(27)24-22-12-16-9-17(13-22)11-18(10-16)14-22/h1-4,16-18H,5-15H2,(H,24,27). The van der Waals surface area contributed by atoms with Crippen LogP contribution in [-0.2, 0) is 14.8 Å². The summed E-state index contributed by atoms with van der Waals surface area (Å²) in [4.78, 5) is 15.2. The number of carbonyl (C=O) groups excluding carboxylic acids is 1. The summed E-state index contributed by atoms with van der Waals surface area (Å²) in [5.74, 6) is 2.54. The highest BCUT2D eigenvalue weighted by molar-refractivity contribution is 9.10. The lowest BCUT2D eigenvalue weighted by atomic mass is 9.53. The molecule has 1 aromatic rings. The largest absolute Gasteiger partial charge is 0.350 e. The molecule has 4 bridgehead atoms. The molecule has 1 N–H and O–H groups in total. The third-order valence-corrected chi connectivity index (χ3v) is 10.0. The number of hydrogen-bond acceptors (Lipinski definition) is 4. The Labute approximate surface area is 187 Å². The summed E-state index contributed by atoms with van der Waals surface area (Å²) in [6.45, 7) is 2.38. The van der Waals surface area contributed by atoms with E-state index in [1.165, 1.54) is 23.6 Å². The predicted octanol–water partition coefficient (Wildman–Crippen LogP) is 2.84. The normalized spacial score (nSPS) is 34.2. The third-order valence-electron chi connectivity index (χ3n) is 7.59. The van der Waals surface area contributed by atoms with Crippen molar-refractivity contribution in [2.75, 3.05) is 32.7 Å². The summed E-state index contributed by atoms with van der Waals surface area (Å²) < 4.78 is 28.1. The summed E-state index contributed by atoms with van der Waals surface area (Å²) >= 11 is 3.34. The molecule has 1 amide bonds. The molecule has 30 heavy (non-hydrogen) atoms. The van der Waals surface area contributed by atoms with Crippen LogP contribution in [0.5, 0.6) is 0 Å². The Morgan fingerprint density at radius 1 is 0.967 bits per heavy atom. The fourth-order valence-corrected chi connectivity index (χ4v) is 8.37. The van der Waals surface area contributed by atoms with Crippen LogP contribution >= 0.6 is 15.9 Å². The molecule has 0 spiro atoms. The lowest BCUT2D eigenvalue weighted by molar-refractivity contribution is -0.128. The van der Waals surface area contributed by atoms with E-state index in [-0.39, 0.29) is 11.4 Å². The van der Waals surface area contributed by atoms with Gasteiger partial charge in [0.2, 0.25) is 15.9 Å². The van der Waals surface area contributed by atoms with Gasteiger partial charge in [0, 0.05) is 36.2 Å². The Bertz CT molecular complexity index is 875. The number of piperazine rings is 1. The third kappa shape index (κ3) is 4.08. The molecule has 1 heterocycles. The van der Waals surface area contributed by atoms with Gasteiger partial charge in [-0.1, -0.05) is 15.9 Å². The van der Waals surface area contributed by atoms with E-state index in [0.717, 1.165) is 41.5 Å². The molecule has 1 aromatic carbocycles. The number of benzene rings is 1. The van der Waals surface area contributed by atoms with Crippen LogP contribution in [0.3, 0.4) is 0 Å². The van der Waals surface area contributed by atoms with Crippen LogP contribution in [0.25, 0.3) is 0 Å². The van der Waals surface area contributed by atoms with E-state index in [2.05, 4.69) is 26.1 Å². The predicted molar refractivity (Wildman–Crippen MR) is 118 cm³/mol. The highest BCUT2D eigenvalue weighted by atomic mass is 79.9. The van der Waals surface area contributed by atoms with Crippen molar-refractivity contribution >= 4 is 31.9 Å². The Hall–Kier alpha value is -0.960. The van der Waals surface area contributed by atoms with Crippen molar-refractivity contribution in [3.05, 3.63) is 28.7 Å². The molecule has 4 saturated carbocycles. The zero-order valence-corrected chi connectivity index (χ0v) is 19.6. The van der Waals surface area contributed by atoms with Gasteiger partial charge in [-0.3, -0.25) is 9.69 Å². The molecule has 1 aliphatic heterocycles. The minimum absolute atomic E-state index is 0.0403. The lowest BCUT2D eigenvalue weighted by Crippen LogP contribution is -2.61. The molecule has 164 valence electrons. The quantitative estimate of drug-likeness (QED) is 0.681. The molecule has 0 radical (unpaired) electrons. The van der Waals surface area contributed by atoms with Gasteiger partial charge in [0.15, 0.2) is 0 Å². The van der Waals surface area contributed by atoms with Gasteiger partial charge in [-0.15, -0.1) is 0 Å². The molecule has 6 nitrogen and oxygen atoms in total. The van der Waals surface area contributed by atoms with Gasteiger partial charge in [0.25, 0.3) is 0 Å². The zero-order chi connectivity index (χ0) is 20.9. The molecule has 1 saturated heterocycles. The van der Waals surface area contributed by atoms with Crippen LogP contribution in [0.1, 0.15) is 38.5 Å². The van der Waals surface area contributed by atoms with Crippen LogP contribution in [-0.4, -0.2) is 61.8 Å². The Morgan fingerprint density at radius 3 is 2.03 bits per heavy atom. The van der Waals surface area contributed by atoms with Crippen LogP contribution in [0.4, 0.5) is 0 Å². The number of carbonyl (C=O) groups is 1. The average Bonchev–Trinajstić information content (AvgIpc) is 2.67. The number of hydrogen-bond donors (Lipinski definition) is 1. The minimum Gasteiger partial charge on any atom is -0.350 e. The molecule has 6 rings (SSSR count). The van der Waals surface area contributed by atoms with Crippen molar-refractivity contribution < 1.29 is 13.2 Å². The molecular formula is C22H30BrN3O3S. The van der Waals surface area contributed by atoms with Crippen molar-refractivity contribution in [1.82, 2.24) is 14.5 Å². The summed E-state index contributed by atoms with van der Waals surface area (Å²) in [5, 5.41) is 3.43. The van der Waals surface area contributed by atoms with E-state index in [1.807, 2.05) is 0 Å². The maximum absolute atomic E-state index is 12.9. The Morgan fingerprint density at radius 2 is 1.50 bits per heavy atom. The average molecular weight is 496 g/mol. The first-order chi connectivity index (χ1) is 14.3. The second-order valence-electron chi connectivity index (χ2n) is 9.88. The van der Waals surface area contributed by atoms with E-state index in [1.54, 1.807) is 24.3 Å². The second kappa shape index (κ2) is 7.87. The molecule has 0 unspecified atom stereocenters. The molecule has 4 aliphatic carbocycles. The summed E-state index contributed by atoms with van der Waals surface area (Å²) in [7, 11) is -3.48. The molecular weight excluding hydrogens is 466 g/mol. The lowest BCUT2D eigenvalue weighted by Gasteiger charge is -2.57. The smallest absolute Gasteiger partial charge is 0.243 e. The van der Waals surface area contributed by atoms with Crippen molar-refractivity contribution in [3.63, 3.8) is 0 Å². The van der Waals surface area contributed by atoms with Crippen molar-refractivity contribution in [3.8, 4) is 0 Å². The zero-order valence-electron chi connectivity index (χ0n) is 17.2. The van der Waals surface area contributed by atoms with Gasteiger partial charge in [-0.25, -0.2) is 8.42 Å². The van der Waals surface area contributed by atoms with Crippen LogP contribution in [0.15, 0.2) is 33.6 Å². The molecule has 0 atom stereocenters. The highest BCUT2D eigenvalue weighted by Gasteiger charge is 2.51. The maximum Gasteiger partial charge on any atom is 0.243 e. The summed E-state index contributed by atoms with van der Waals surface area (Å²) in [6, 6.07) is 6.76. The van der Waals surface area contributed by atoms with Crippen LogP contribution < -0.4 is 5.32 Å². The minimum atomic E-state index is -3.48. The Balaban J connectivity index is 1.15. The monoisotopic (exact) mass is 495 g/mol. The number of rotatable bonds is 5. The van der Waals surface area contributed by atoms with Gasteiger partial charge < -0.3 is 5.32 Å². The number of amides is 1. The van der Waals surface area contributed by atoms with E-state index in [4.69, 9.17) is 0 Å². The summed E-state index contributed by atoms with van der Waals surface area (Å²) in [6.07, 6.45) is 7.57. The molecule has 8 heteroatoms. The SMILES string of the molecule is O=C(CN1CCN(S(=O)(=O)c2ccc(Br)cc2)CC1)NC12CC3CC(CC(C3)C1)C2. The highest BCUT2D eigenvalue weighted by Crippen LogP contribution is 2.55. The number of halogens is 1. The maximum atomic E-state index is 12.9. The first-order valence-electron chi connectivity index (χ1n) is 11.1. The van der Waals surface area contributed by atoms with Gasteiger partial charge >= 0.3 is 0 Å². The van der Waals surface area contributed by atoms with Gasteiger partial charge in [0.1, 0.15) is 0 Å². The topological polar surface area (TPSA) is 69.7 Å². The van der Waals surface area contributed by atoms with Gasteiger partial charge in [-0.05, 0) is 80.5 Å². The van der Waals surface area contributed by atoms with E-state index in [0.29, 0.717) is 37.6 Å². The molecule has 5 fully saturated rings. The van der Waals surface area contributed by atoms with Gasteiger partial charge in [-0.2, -0.15) is 4.31 Å². The Kier molecular flexibility index (Phi) is 5.49. The van der Waals surface area contributed by atoms with Crippen LogP contribution in [0.2, 0.25) is 0 Å². The van der Waals surface area contributed by atoms with E-state index < -0.39 is 10.0 Å². The van der Waals surface area contributed by atoms with E-state index in [9.17, 15) is 13.2 Å². The fourth-order valence-electron chi connectivity index (χ4n) is 6.69.